The fourth-order valence-corrected chi connectivity index (χ4v) is 5.31. The molecule has 0 spiro atoms. The van der Waals surface area contributed by atoms with Gasteiger partial charge in [-0.25, -0.2) is 4.98 Å². The number of carbonyl (C=O) groups is 2. The van der Waals surface area contributed by atoms with Gasteiger partial charge >= 0.3 is 0 Å². The van der Waals surface area contributed by atoms with Gasteiger partial charge in [0.05, 0.1) is 17.1 Å². The Hall–Kier alpha value is -2.28. The summed E-state index contributed by atoms with van der Waals surface area (Å²) in [6.45, 7) is 8.69. The smallest absolute Gasteiger partial charge is 0.224 e. The van der Waals surface area contributed by atoms with E-state index in [1.54, 1.807) is 31.2 Å². The Morgan fingerprint density at radius 3 is 2.59 bits per heavy atom. The average molecular weight is 411 g/mol. The topological polar surface area (TPSA) is 84.8 Å². The van der Waals surface area contributed by atoms with Crippen molar-refractivity contribution in [3.05, 3.63) is 41.2 Å². The largest absolute Gasteiger partial charge is 0.326 e. The first-order valence-electron chi connectivity index (χ1n) is 10.1. The zero-order valence-corrected chi connectivity index (χ0v) is 18.1. The van der Waals surface area contributed by atoms with Crippen LogP contribution in [0.1, 0.15) is 74.6 Å². The third-order valence-electron chi connectivity index (χ3n) is 6.92. The summed E-state index contributed by atoms with van der Waals surface area (Å²) in [5.74, 6) is 0.631. The minimum absolute atomic E-state index is 0.000490. The molecule has 0 unspecified atom stereocenters. The molecule has 0 saturated heterocycles. The van der Waals surface area contributed by atoms with E-state index in [0.29, 0.717) is 28.7 Å². The molecular weight excluding hydrogens is 384 g/mol. The first-order valence-corrected chi connectivity index (χ1v) is 11.1. The number of hydrogen-bond donors (Lipinski definition) is 1. The highest BCUT2D eigenvalue weighted by atomic mass is 32.2. The molecule has 1 amide bonds. The second-order valence-electron chi connectivity index (χ2n) is 8.66. The molecule has 2 atom stereocenters. The molecule has 2 aromatic rings. The fraction of sp³-hybridized carbons (Fsp3) is 0.500. The highest BCUT2D eigenvalue weighted by Crippen LogP contribution is 2.66. The zero-order valence-electron chi connectivity index (χ0n) is 17.3. The van der Waals surface area contributed by atoms with Gasteiger partial charge in [0, 0.05) is 29.0 Å². The van der Waals surface area contributed by atoms with Gasteiger partial charge in [-0.1, -0.05) is 39.5 Å². The normalized spacial score (nSPS) is 23.7. The van der Waals surface area contributed by atoms with Crippen LogP contribution in [0, 0.1) is 5.41 Å². The van der Waals surface area contributed by atoms with E-state index in [1.165, 1.54) is 11.8 Å². The van der Waals surface area contributed by atoms with E-state index in [4.69, 9.17) is 4.98 Å². The minimum atomic E-state index is -0.0496. The van der Waals surface area contributed by atoms with Gasteiger partial charge in [-0.3, -0.25) is 9.59 Å². The Labute approximate surface area is 175 Å². The average Bonchev–Trinajstić information content (AvgIpc) is 3.05. The maximum Gasteiger partial charge on any atom is 0.224 e. The minimum Gasteiger partial charge on any atom is -0.326 e. The van der Waals surface area contributed by atoms with Crippen LogP contribution in [-0.4, -0.2) is 32.6 Å². The predicted molar refractivity (Wildman–Crippen MR) is 113 cm³/mol. The summed E-state index contributed by atoms with van der Waals surface area (Å²) >= 11 is 1.33. The van der Waals surface area contributed by atoms with E-state index in [0.717, 1.165) is 24.2 Å². The molecule has 7 heteroatoms. The summed E-state index contributed by atoms with van der Waals surface area (Å²) in [6.07, 6.45) is 2.69. The van der Waals surface area contributed by atoms with E-state index in [1.807, 2.05) is 0 Å². The molecule has 4 rings (SSSR count). The monoisotopic (exact) mass is 410 g/mol. The van der Waals surface area contributed by atoms with Crippen molar-refractivity contribution in [1.29, 1.82) is 0 Å². The van der Waals surface area contributed by atoms with Gasteiger partial charge in [0.15, 0.2) is 5.78 Å². The SMILES string of the molecule is CCC(=O)Nc1ccc(C(=O)CSc2nnc3c(n2)[C@@]2(C)CC[C@H]3C2(C)C)cc1. The van der Waals surface area contributed by atoms with Crippen LogP contribution in [0.4, 0.5) is 5.69 Å². The van der Waals surface area contributed by atoms with E-state index in [-0.39, 0.29) is 28.3 Å². The van der Waals surface area contributed by atoms with Crippen molar-refractivity contribution in [3.8, 4) is 0 Å². The number of benzene rings is 1. The highest BCUT2D eigenvalue weighted by Gasteiger charge is 2.61. The number of ketones is 1. The molecular formula is C22H26N4O2S. The number of amides is 1. The summed E-state index contributed by atoms with van der Waals surface area (Å²) in [5.41, 5.74) is 3.58. The molecule has 1 aromatic carbocycles. The lowest BCUT2D eigenvalue weighted by Crippen LogP contribution is -2.32. The molecule has 1 heterocycles. The van der Waals surface area contributed by atoms with Crippen LogP contribution in [0.2, 0.25) is 0 Å². The van der Waals surface area contributed by atoms with Crippen LogP contribution in [0.5, 0.6) is 0 Å². The van der Waals surface area contributed by atoms with Crippen LogP contribution in [0.15, 0.2) is 29.4 Å². The molecule has 152 valence electrons. The van der Waals surface area contributed by atoms with E-state index < -0.39 is 0 Å². The van der Waals surface area contributed by atoms with Crippen LogP contribution < -0.4 is 5.32 Å². The predicted octanol–water partition coefficient (Wildman–Crippen LogP) is 4.37. The van der Waals surface area contributed by atoms with Gasteiger partial charge in [-0.05, 0) is 42.5 Å². The number of hydrogen-bond acceptors (Lipinski definition) is 6. The molecule has 29 heavy (non-hydrogen) atoms. The number of rotatable bonds is 6. The highest BCUT2D eigenvalue weighted by molar-refractivity contribution is 7.99. The van der Waals surface area contributed by atoms with E-state index >= 15 is 0 Å². The molecule has 2 aliphatic rings. The van der Waals surface area contributed by atoms with Crippen molar-refractivity contribution in [2.75, 3.05) is 11.1 Å². The number of nitrogens with zero attached hydrogens (tertiary/aromatic N) is 3. The molecule has 1 fully saturated rings. The summed E-state index contributed by atoms with van der Waals surface area (Å²) in [7, 11) is 0. The molecule has 2 bridgehead atoms. The second-order valence-corrected chi connectivity index (χ2v) is 9.61. The molecule has 1 saturated carbocycles. The first-order chi connectivity index (χ1) is 13.8. The van der Waals surface area contributed by atoms with Crippen molar-refractivity contribution in [1.82, 2.24) is 15.2 Å². The van der Waals surface area contributed by atoms with Crippen LogP contribution in [-0.2, 0) is 10.2 Å². The number of nitrogens with one attached hydrogen (secondary N) is 1. The van der Waals surface area contributed by atoms with Gasteiger partial charge in [-0.15, -0.1) is 5.10 Å². The van der Waals surface area contributed by atoms with Gasteiger partial charge < -0.3 is 5.32 Å². The molecule has 1 aromatic heterocycles. The molecule has 0 aliphatic heterocycles. The molecule has 2 aliphatic carbocycles. The van der Waals surface area contributed by atoms with Gasteiger partial charge in [0.25, 0.3) is 0 Å². The number of thioether (sulfide) groups is 1. The summed E-state index contributed by atoms with van der Waals surface area (Å²) in [4.78, 5) is 28.8. The lowest BCUT2D eigenvalue weighted by molar-refractivity contribution is -0.115. The zero-order chi connectivity index (χ0) is 20.8. The van der Waals surface area contributed by atoms with Crippen molar-refractivity contribution >= 4 is 29.1 Å². The lowest BCUT2D eigenvalue weighted by Gasteiger charge is -2.33. The number of carbonyl (C=O) groups excluding carboxylic acids is 2. The Bertz CT molecular complexity index is 973. The Morgan fingerprint density at radius 1 is 1.17 bits per heavy atom. The quantitative estimate of drug-likeness (QED) is 0.562. The van der Waals surface area contributed by atoms with Crippen molar-refractivity contribution in [2.45, 2.75) is 63.4 Å². The van der Waals surface area contributed by atoms with Crippen molar-refractivity contribution < 1.29 is 9.59 Å². The van der Waals surface area contributed by atoms with E-state index in [9.17, 15) is 9.59 Å². The van der Waals surface area contributed by atoms with Crippen LogP contribution >= 0.6 is 11.8 Å². The summed E-state index contributed by atoms with van der Waals surface area (Å²) in [5, 5.41) is 12.1. The van der Waals surface area contributed by atoms with Crippen molar-refractivity contribution in [3.63, 3.8) is 0 Å². The Morgan fingerprint density at radius 2 is 1.90 bits per heavy atom. The summed E-state index contributed by atoms with van der Waals surface area (Å²) < 4.78 is 0. The Balaban J connectivity index is 1.43. The lowest BCUT2D eigenvalue weighted by atomic mass is 9.70. The van der Waals surface area contributed by atoms with Gasteiger partial charge in [-0.2, -0.15) is 5.10 Å². The number of anilines is 1. The number of aromatic nitrogens is 3. The van der Waals surface area contributed by atoms with Gasteiger partial charge in [0.1, 0.15) is 0 Å². The maximum absolute atomic E-state index is 12.6. The number of Topliss-reactive ketones (excluding diaryl/α,β-unsaturated/α-hetero) is 1. The number of fused-ring (bicyclic) bond motifs is 5. The Kier molecular flexibility index (Phi) is 4.97. The van der Waals surface area contributed by atoms with Crippen LogP contribution in [0.25, 0.3) is 0 Å². The third kappa shape index (κ3) is 3.25. The molecule has 6 nitrogen and oxygen atoms in total. The van der Waals surface area contributed by atoms with E-state index in [2.05, 4.69) is 36.3 Å². The molecule has 1 N–H and O–H groups in total. The standard InChI is InChI=1S/C22H26N4O2S/c1-5-17(28)23-14-8-6-13(7-9-14)16(27)12-29-20-24-19-18(25-26-20)15-10-11-22(19,4)21(15,2)3/h6-9,15H,5,10-12H2,1-4H3,(H,23,28)/t15-,22-/m1/s1. The third-order valence-corrected chi connectivity index (χ3v) is 7.75. The first kappa shape index (κ1) is 20.0. The molecule has 0 radical (unpaired) electrons. The van der Waals surface area contributed by atoms with Crippen molar-refractivity contribution in [2.24, 2.45) is 5.41 Å². The fourth-order valence-electron chi connectivity index (χ4n) is 4.63. The maximum atomic E-state index is 12.6. The van der Waals surface area contributed by atoms with Gasteiger partial charge in [0.2, 0.25) is 11.1 Å². The van der Waals surface area contributed by atoms with Crippen LogP contribution in [0.3, 0.4) is 0 Å². The second kappa shape index (κ2) is 7.20. The summed E-state index contributed by atoms with van der Waals surface area (Å²) in [6, 6.07) is 6.97.